The molecule has 0 aromatic heterocycles. The summed E-state index contributed by atoms with van der Waals surface area (Å²) < 4.78 is 22.5. The van der Waals surface area contributed by atoms with E-state index in [9.17, 15) is 13.2 Å². The fourth-order valence-electron chi connectivity index (χ4n) is 2.28. The second kappa shape index (κ2) is 3.75. The first-order chi connectivity index (χ1) is 6.99. The molecular formula is C9H16N2O3S. The Labute approximate surface area is 89.5 Å². The first-order valence-corrected chi connectivity index (χ1v) is 7.08. The molecule has 0 saturated carbocycles. The third kappa shape index (κ3) is 2.15. The summed E-state index contributed by atoms with van der Waals surface area (Å²) in [7, 11) is -2.85. The third-order valence-corrected chi connectivity index (χ3v) is 4.96. The lowest BCUT2D eigenvalue weighted by molar-refractivity contribution is -0.130. The van der Waals surface area contributed by atoms with Crippen molar-refractivity contribution in [3.05, 3.63) is 0 Å². The largest absolute Gasteiger partial charge is 0.338 e. The first-order valence-electron chi connectivity index (χ1n) is 5.26. The molecule has 1 unspecified atom stereocenters. The van der Waals surface area contributed by atoms with Crippen LogP contribution in [0.2, 0.25) is 0 Å². The molecule has 2 rings (SSSR count). The quantitative estimate of drug-likeness (QED) is 0.637. The predicted octanol–water partition coefficient (Wildman–Crippen LogP) is -0.877. The van der Waals surface area contributed by atoms with Crippen LogP contribution in [0.3, 0.4) is 0 Å². The first kappa shape index (κ1) is 10.9. The van der Waals surface area contributed by atoms with Crippen molar-refractivity contribution in [2.75, 3.05) is 18.1 Å². The van der Waals surface area contributed by atoms with E-state index in [4.69, 9.17) is 5.73 Å². The molecule has 2 heterocycles. The summed E-state index contributed by atoms with van der Waals surface area (Å²) in [5.74, 6) is 0.396. The van der Waals surface area contributed by atoms with Gasteiger partial charge in [-0.15, -0.1) is 0 Å². The molecule has 0 radical (unpaired) electrons. The number of carbonyl (C=O) groups is 1. The van der Waals surface area contributed by atoms with Gasteiger partial charge in [0.1, 0.15) is 9.84 Å². The highest BCUT2D eigenvalue weighted by Crippen LogP contribution is 2.22. The molecule has 0 aromatic carbocycles. The van der Waals surface area contributed by atoms with E-state index in [-0.39, 0.29) is 29.5 Å². The van der Waals surface area contributed by atoms with Gasteiger partial charge in [0, 0.05) is 12.6 Å². The fraction of sp³-hybridized carbons (Fsp3) is 0.889. The molecular weight excluding hydrogens is 216 g/mol. The normalized spacial score (nSPS) is 32.2. The van der Waals surface area contributed by atoms with E-state index in [1.807, 2.05) is 0 Å². The van der Waals surface area contributed by atoms with Crippen molar-refractivity contribution in [1.82, 2.24) is 4.90 Å². The molecule has 2 aliphatic rings. The zero-order valence-electron chi connectivity index (χ0n) is 8.55. The molecule has 5 nitrogen and oxygen atoms in total. The van der Waals surface area contributed by atoms with Gasteiger partial charge in [-0.25, -0.2) is 8.42 Å². The van der Waals surface area contributed by atoms with Crippen LogP contribution in [-0.4, -0.2) is 49.4 Å². The molecule has 0 aliphatic carbocycles. The van der Waals surface area contributed by atoms with Crippen molar-refractivity contribution in [3.63, 3.8) is 0 Å². The van der Waals surface area contributed by atoms with Crippen LogP contribution in [0.15, 0.2) is 0 Å². The lowest BCUT2D eigenvalue weighted by Gasteiger charge is -2.30. The van der Waals surface area contributed by atoms with Crippen LogP contribution in [0.1, 0.15) is 19.3 Å². The Balaban J connectivity index is 2.00. The molecule has 1 amide bonds. The molecule has 86 valence electrons. The van der Waals surface area contributed by atoms with Crippen LogP contribution in [0.4, 0.5) is 0 Å². The van der Waals surface area contributed by atoms with Crippen molar-refractivity contribution >= 4 is 15.7 Å². The summed E-state index contributed by atoms with van der Waals surface area (Å²) in [4.78, 5) is 13.4. The monoisotopic (exact) mass is 232 g/mol. The van der Waals surface area contributed by atoms with Crippen LogP contribution in [0.25, 0.3) is 0 Å². The van der Waals surface area contributed by atoms with Crippen LogP contribution in [-0.2, 0) is 14.6 Å². The van der Waals surface area contributed by atoms with Gasteiger partial charge < -0.3 is 10.6 Å². The average Bonchev–Trinajstić information content (AvgIpc) is 2.49. The highest BCUT2D eigenvalue weighted by Gasteiger charge is 2.36. The van der Waals surface area contributed by atoms with Crippen LogP contribution < -0.4 is 5.73 Å². The second-order valence-electron chi connectivity index (χ2n) is 4.31. The minimum absolute atomic E-state index is 0.0145. The Hall–Kier alpha value is -0.620. The highest BCUT2D eigenvalue weighted by molar-refractivity contribution is 7.91. The van der Waals surface area contributed by atoms with Gasteiger partial charge in [0.2, 0.25) is 5.91 Å². The maximum Gasteiger partial charge on any atom is 0.239 e. The van der Waals surface area contributed by atoms with Crippen molar-refractivity contribution in [2.24, 2.45) is 5.73 Å². The van der Waals surface area contributed by atoms with Crippen molar-refractivity contribution in [1.29, 1.82) is 0 Å². The predicted molar refractivity (Wildman–Crippen MR) is 56.0 cm³/mol. The van der Waals surface area contributed by atoms with Gasteiger partial charge in [0.25, 0.3) is 0 Å². The number of likely N-dealkylation sites (tertiary alicyclic amines) is 1. The number of hydrogen-bond acceptors (Lipinski definition) is 4. The summed E-state index contributed by atoms with van der Waals surface area (Å²) in [6.45, 7) is 0.685. The van der Waals surface area contributed by atoms with E-state index in [0.29, 0.717) is 25.8 Å². The van der Waals surface area contributed by atoms with Gasteiger partial charge in [0.15, 0.2) is 0 Å². The van der Waals surface area contributed by atoms with Crippen molar-refractivity contribution < 1.29 is 13.2 Å². The van der Waals surface area contributed by atoms with Gasteiger partial charge in [-0.1, -0.05) is 0 Å². The standard InChI is InChI=1S/C9H16N2O3S/c10-8-1-4-11(9(8)12)7-2-5-15(13,14)6-3-7/h7-8H,1-6,10H2. The molecule has 2 fully saturated rings. The van der Waals surface area contributed by atoms with Crippen LogP contribution in [0, 0.1) is 0 Å². The van der Waals surface area contributed by atoms with E-state index in [1.54, 1.807) is 4.90 Å². The summed E-state index contributed by atoms with van der Waals surface area (Å²) in [6.07, 6.45) is 1.84. The summed E-state index contributed by atoms with van der Waals surface area (Å²) in [6, 6.07) is -0.280. The van der Waals surface area contributed by atoms with E-state index in [0.717, 1.165) is 0 Å². The summed E-state index contributed by atoms with van der Waals surface area (Å²) in [5.41, 5.74) is 5.62. The van der Waals surface area contributed by atoms with Gasteiger partial charge in [-0.05, 0) is 19.3 Å². The molecule has 1 atom stereocenters. The van der Waals surface area contributed by atoms with Gasteiger partial charge in [-0.2, -0.15) is 0 Å². The Bertz CT molecular complexity index is 352. The minimum atomic E-state index is -2.85. The molecule has 0 aromatic rings. The lowest BCUT2D eigenvalue weighted by Crippen LogP contribution is -2.44. The molecule has 0 spiro atoms. The van der Waals surface area contributed by atoms with Gasteiger partial charge in [-0.3, -0.25) is 4.79 Å². The minimum Gasteiger partial charge on any atom is -0.338 e. The van der Waals surface area contributed by atoms with Crippen molar-refractivity contribution in [2.45, 2.75) is 31.3 Å². The number of nitrogens with zero attached hydrogens (tertiary/aromatic N) is 1. The highest BCUT2D eigenvalue weighted by atomic mass is 32.2. The topological polar surface area (TPSA) is 80.5 Å². The van der Waals surface area contributed by atoms with E-state index in [1.165, 1.54) is 0 Å². The van der Waals surface area contributed by atoms with Crippen LogP contribution >= 0.6 is 0 Å². The number of amides is 1. The van der Waals surface area contributed by atoms with Crippen LogP contribution in [0.5, 0.6) is 0 Å². The zero-order chi connectivity index (χ0) is 11.1. The molecule has 0 bridgehead atoms. The second-order valence-corrected chi connectivity index (χ2v) is 6.61. The number of rotatable bonds is 1. The molecule has 2 aliphatic heterocycles. The smallest absolute Gasteiger partial charge is 0.239 e. The SMILES string of the molecule is NC1CCN(C2CCS(=O)(=O)CC2)C1=O. The number of hydrogen-bond donors (Lipinski definition) is 1. The summed E-state index contributed by atoms with van der Waals surface area (Å²) in [5, 5.41) is 0. The molecule has 15 heavy (non-hydrogen) atoms. The Kier molecular flexibility index (Phi) is 2.72. The van der Waals surface area contributed by atoms with Gasteiger partial charge >= 0.3 is 0 Å². The van der Waals surface area contributed by atoms with Crippen molar-refractivity contribution in [3.8, 4) is 0 Å². The number of nitrogens with two attached hydrogens (primary N) is 1. The number of sulfone groups is 1. The Morgan fingerprint density at radius 1 is 1.20 bits per heavy atom. The lowest BCUT2D eigenvalue weighted by atomic mass is 10.1. The van der Waals surface area contributed by atoms with Gasteiger partial charge in [0.05, 0.1) is 17.5 Å². The maximum atomic E-state index is 11.6. The Morgan fingerprint density at radius 2 is 1.80 bits per heavy atom. The summed E-state index contributed by atoms with van der Waals surface area (Å²) >= 11 is 0. The number of carbonyl (C=O) groups excluding carboxylic acids is 1. The molecule has 6 heteroatoms. The maximum absolute atomic E-state index is 11.6. The molecule has 2 saturated heterocycles. The van der Waals surface area contributed by atoms with E-state index in [2.05, 4.69) is 0 Å². The molecule has 2 N–H and O–H groups in total. The average molecular weight is 232 g/mol. The fourth-order valence-corrected chi connectivity index (χ4v) is 3.74. The Morgan fingerprint density at radius 3 is 2.27 bits per heavy atom. The zero-order valence-corrected chi connectivity index (χ0v) is 9.37. The van der Waals surface area contributed by atoms with E-state index >= 15 is 0 Å². The van der Waals surface area contributed by atoms with E-state index < -0.39 is 9.84 Å². The third-order valence-electron chi connectivity index (χ3n) is 3.25.